The molecule has 0 unspecified atom stereocenters. The molecule has 0 aromatic rings. The minimum Gasteiger partial charge on any atom is -0.369 e. The Morgan fingerprint density at radius 1 is 1.00 bits per heavy atom. The first-order valence-corrected chi connectivity index (χ1v) is 3.70. The Hall–Kier alpha value is -1.06. The van der Waals surface area contributed by atoms with Crippen molar-refractivity contribution in [2.75, 3.05) is 0 Å². The number of hydrogen-bond donors (Lipinski definition) is 2. The van der Waals surface area contributed by atoms with Crippen LogP contribution in [0.5, 0.6) is 0 Å². The summed E-state index contributed by atoms with van der Waals surface area (Å²) in [5.41, 5.74) is 10.1. The second-order valence-electron chi connectivity index (χ2n) is 3.01. The molecule has 0 bridgehead atoms. The molecule has 1 saturated carbocycles. The molecular weight excluding hydrogens is 144 g/mol. The highest BCUT2D eigenvalue weighted by Gasteiger charge is 2.31. The fourth-order valence-electron chi connectivity index (χ4n) is 1.50. The molecule has 4 nitrogen and oxygen atoms in total. The van der Waals surface area contributed by atoms with Crippen LogP contribution in [0.4, 0.5) is 0 Å². The van der Waals surface area contributed by atoms with Crippen LogP contribution < -0.4 is 11.5 Å². The Morgan fingerprint density at radius 2 is 1.36 bits per heavy atom. The predicted molar refractivity (Wildman–Crippen MR) is 39.2 cm³/mol. The molecular formula is C7H12N2O2. The van der Waals surface area contributed by atoms with Crippen molar-refractivity contribution in [1.82, 2.24) is 0 Å². The van der Waals surface area contributed by atoms with Crippen molar-refractivity contribution in [3.63, 3.8) is 0 Å². The van der Waals surface area contributed by atoms with Crippen molar-refractivity contribution in [2.45, 2.75) is 19.3 Å². The van der Waals surface area contributed by atoms with Crippen molar-refractivity contribution < 1.29 is 9.59 Å². The highest BCUT2D eigenvalue weighted by molar-refractivity contribution is 5.81. The summed E-state index contributed by atoms with van der Waals surface area (Å²) in [4.78, 5) is 21.3. The number of amides is 2. The molecule has 0 aromatic heterocycles. The number of nitrogens with two attached hydrogens (primary N) is 2. The first kappa shape index (κ1) is 8.04. The van der Waals surface area contributed by atoms with Gasteiger partial charge >= 0.3 is 0 Å². The van der Waals surface area contributed by atoms with Gasteiger partial charge in [-0.05, 0) is 19.3 Å². The number of rotatable bonds is 2. The summed E-state index contributed by atoms with van der Waals surface area (Å²) >= 11 is 0. The van der Waals surface area contributed by atoms with Crippen LogP contribution in [0, 0.1) is 11.8 Å². The lowest BCUT2D eigenvalue weighted by Crippen LogP contribution is -2.24. The quantitative estimate of drug-likeness (QED) is 0.557. The Bertz CT molecular complexity index is 171. The average molecular weight is 156 g/mol. The Morgan fingerprint density at radius 3 is 1.55 bits per heavy atom. The summed E-state index contributed by atoms with van der Waals surface area (Å²) in [6.45, 7) is 0. The molecule has 4 heteroatoms. The minimum absolute atomic E-state index is 0.132. The van der Waals surface area contributed by atoms with Crippen molar-refractivity contribution in [3.8, 4) is 0 Å². The highest BCUT2D eigenvalue weighted by atomic mass is 16.1. The van der Waals surface area contributed by atoms with Gasteiger partial charge < -0.3 is 11.5 Å². The van der Waals surface area contributed by atoms with Crippen molar-refractivity contribution >= 4 is 11.8 Å². The predicted octanol–water partition coefficient (Wildman–Crippen LogP) is -0.627. The summed E-state index contributed by atoms with van der Waals surface area (Å²) in [7, 11) is 0. The first-order valence-electron chi connectivity index (χ1n) is 3.70. The van der Waals surface area contributed by atoms with Crippen LogP contribution in [-0.2, 0) is 9.59 Å². The molecule has 0 aliphatic heterocycles. The standard InChI is InChI=1S/C7H12N2O2/c8-6(10)4-1-2-5(3-4)7(9)11/h4-5H,1-3H2,(H2,8,10)(H2,9,11)/t4-,5+. The van der Waals surface area contributed by atoms with Gasteiger partial charge in [-0.25, -0.2) is 0 Å². The third kappa shape index (κ3) is 1.69. The number of primary amides is 2. The van der Waals surface area contributed by atoms with Gasteiger partial charge in [0.25, 0.3) is 0 Å². The molecule has 1 rings (SSSR count). The van der Waals surface area contributed by atoms with E-state index in [4.69, 9.17) is 11.5 Å². The number of carbonyl (C=O) groups is 2. The number of hydrogen-bond acceptors (Lipinski definition) is 2. The SMILES string of the molecule is NC(=O)[C@@H]1CC[C@H](C(N)=O)C1. The molecule has 62 valence electrons. The second-order valence-corrected chi connectivity index (χ2v) is 3.01. The summed E-state index contributed by atoms with van der Waals surface area (Å²) in [5, 5.41) is 0. The zero-order valence-corrected chi connectivity index (χ0v) is 6.25. The van der Waals surface area contributed by atoms with E-state index in [9.17, 15) is 9.59 Å². The van der Waals surface area contributed by atoms with Gasteiger partial charge in [0.15, 0.2) is 0 Å². The molecule has 0 heterocycles. The van der Waals surface area contributed by atoms with Gasteiger partial charge in [-0.15, -0.1) is 0 Å². The topological polar surface area (TPSA) is 86.2 Å². The minimum atomic E-state index is -0.311. The molecule has 4 N–H and O–H groups in total. The third-order valence-electron chi connectivity index (χ3n) is 2.24. The molecule has 1 fully saturated rings. The average Bonchev–Trinajstić information content (AvgIpc) is 2.33. The maximum atomic E-state index is 10.6. The summed E-state index contributed by atoms with van der Waals surface area (Å²) in [6.07, 6.45) is 1.97. The molecule has 1 aliphatic rings. The van der Waals surface area contributed by atoms with Crippen molar-refractivity contribution in [2.24, 2.45) is 23.3 Å². The second kappa shape index (κ2) is 2.90. The monoisotopic (exact) mass is 156 g/mol. The largest absolute Gasteiger partial charge is 0.369 e. The van der Waals surface area contributed by atoms with E-state index in [-0.39, 0.29) is 23.7 Å². The van der Waals surface area contributed by atoms with E-state index in [1.807, 2.05) is 0 Å². The Labute approximate surface area is 64.9 Å². The van der Waals surface area contributed by atoms with Crippen LogP contribution in [0.1, 0.15) is 19.3 Å². The molecule has 0 saturated heterocycles. The Balaban J connectivity index is 2.47. The van der Waals surface area contributed by atoms with Crippen molar-refractivity contribution in [1.29, 1.82) is 0 Å². The van der Waals surface area contributed by atoms with Crippen LogP contribution in [0.25, 0.3) is 0 Å². The van der Waals surface area contributed by atoms with E-state index in [2.05, 4.69) is 0 Å². The molecule has 2 amide bonds. The van der Waals surface area contributed by atoms with E-state index >= 15 is 0 Å². The maximum absolute atomic E-state index is 10.6. The van der Waals surface area contributed by atoms with Crippen LogP contribution in [0.3, 0.4) is 0 Å². The number of carbonyl (C=O) groups excluding carboxylic acids is 2. The van der Waals surface area contributed by atoms with Gasteiger partial charge in [-0.3, -0.25) is 9.59 Å². The van der Waals surface area contributed by atoms with Gasteiger partial charge in [-0.2, -0.15) is 0 Å². The van der Waals surface area contributed by atoms with Gasteiger partial charge in [-0.1, -0.05) is 0 Å². The van der Waals surface area contributed by atoms with Gasteiger partial charge in [0.05, 0.1) is 0 Å². The smallest absolute Gasteiger partial charge is 0.220 e. The lowest BCUT2D eigenvalue weighted by molar-refractivity contribution is -0.122. The molecule has 0 aromatic carbocycles. The zero-order valence-electron chi connectivity index (χ0n) is 6.25. The third-order valence-corrected chi connectivity index (χ3v) is 2.24. The summed E-state index contributed by atoms with van der Waals surface area (Å²) < 4.78 is 0. The van der Waals surface area contributed by atoms with Gasteiger partial charge in [0, 0.05) is 11.8 Å². The normalized spacial score (nSPS) is 30.2. The van der Waals surface area contributed by atoms with Crippen LogP contribution >= 0.6 is 0 Å². The van der Waals surface area contributed by atoms with Gasteiger partial charge in [0.1, 0.15) is 0 Å². The lowest BCUT2D eigenvalue weighted by atomic mass is 10.0. The fourth-order valence-corrected chi connectivity index (χ4v) is 1.50. The van der Waals surface area contributed by atoms with Crippen LogP contribution in [0.2, 0.25) is 0 Å². The molecule has 0 radical (unpaired) electrons. The first-order chi connectivity index (χ1) is 5.11. The molecule has 1 aliphatic carbocycles. The van der Waals surface area contributed by atoms with E-state index in [0.29, 0.717) is 19.3 Å². The van der Waals surface area contributed by atoms with Crippen LogP contribution in [-0.4, -0.2) is 11.8 Å². The lowest BCUT2D eigenvalue weighted by Gasteiger charge is -2.03. The zero-order chi connectivity index (χ0) is 8.43. The summed E-state index contributed by atoms with van der Waals surface area (Å²) in [6, 6.07) is 0. The van der Waals surface area contributed by atoms with Gasteiger partial charge in [0.2, 0.25) is 11.8 Å². The molecule has 2 atom stereocenters. The van der Waals surface area contributed by atoms with E-state index in [1.165, 1.54) is 0 Å². The van der Waals surface area contributed by atoms with Crippen molar-refractivity contribution in [3.05, 3.63) is 0 Å². The fraction of sp³-hybridized carbons (Fsp3) is 0.714. The molecule has 0 spiro atoms. The summed E-state index contributed by atoms with van der Waals surface area (Å²) in [5.74, 6) is -0.887. The van der Waals surface area contributed by atoms with E-state index < -0.39 is 0 Å². The maximum Gasteiger partial charge on any atom is 0.220 e. The molecule has 11 heavy (non-hydrogen) atoms. The van der Waals surface area contributed by atoms with E-state index in [0.717, 1.165) is 0 Å². The van der Waals surface area contributed by atoms with E-state index in [1.54, 1.807) is 0 Å². The van der Waals surface area contributed by atoms with Crippen LogP contribution in [0.15, 0.2) is 0 Å². The Kier molecular flexibility index (Phi) is 2.12. The highest BCUT2D eigenvalue weighted by Crippen LogP contribution is 2.29.